The van der Waals surface area contributed by atoms with E-state index in [4.69, 9.17) is 5.10 Å². The van der Waals surface area contributed by atoms with Crippen molar-refractivity contribution < 1.29 is 13.6 Å². The van der Waals surface area contributed by atoms with Gasteiger partial charge < -0.3 is 0 Å². The lowest BCUT2D eigenvalue weighted by molar-refractivity contribution is 0.0832. The molecule has 0 N–H and O–H groups in total. The van der Waals surface area contributed by atoms with Crippen LogP contribution in [0.4, 0.5) is 8.78 Å². The van der Waals surface area contributed by atoms with Crippen molar-refractivity contribution >= 4 is 17.8 Å². The van der Waals surface area contributed by atoms with Crippen LogP contribution in [0.2, 0.25) is 0 Å². The first-order valence-corrected chi connectivity index (χ1v) is 11.9. The molecule has 0 aliphatic carbocycles. The van der Waals surface area contributed by atoms with E-state index in [1.165, 1.54) is 6.07 Å². The number of thioether (sulfide) groups is 1. The highest BCUT2D eigenvalue weighted by Gasteiger charge is 2.29. The van der Waals surface area contributed by atoms with Gasteiger partial charge in [-0.3, -0.25) is 4.79 Å². The Morgan fingerprint density at radius 1 is 0.743 bits per heavy atom. The second-order valence-electron chi connectivity index (χ2n) is 7.79. The molecule has 4 aromatic carbocycles. The van der Waals surface area contributed by atoms with E-state index in [1.54, 1.807) is 22.9 Å². The predicted octanol–water partition coefficient (Wildman–Crippen LogP) is 8.08. The molecule has 0 saturated carbocycles. The monoisotopic (exact) mass is 482 g/mol. The predicted molar refractivity (Wildman–Crippen MR) is 136 cm³/mol. The van der Waals surface area contributed by atoms with Gasteiger partial charge in [-0.25, -0.2) is 9.07 Å². The van der Waals surface area contributed by atoms with E-state index in [1.807, 2.05) is 91.0 Å². The van der Waals surface area contributed by atoms with Crippen molar-refractivity contribution in [2.75, 3.05) is 0 Å². The molecule has 0 spiro atoms. The summed E-state index contributed by atoms with van der Waals surface area (Å²) in [4.78, 5) is 11.8. The second kappa shape index (κ2) is 10.1. The molecule has 0 amide bonds. The largest absolute Gasteiger partial charge is 0.333 e. The summed E-state index contributed by atoms with van der Waals surface area (Å²) < 4.78 is 31.6. The van der Waals surface area contributed by atoms with E-state index in [9.17, 15) is 9.18 Å². The number of nitrogens with zero attached hydrogens (tertiary/aromatic N) is 2. The van der Waals surface area contributed by atoms with Crippen molar-refractivity contribution in [2.45, 2.75) is 10.4 Å². The molecular weight excluding hydrogens is 462 g/mol. The standard InChI is InChI=1S/C29H20F2N2OS/c30-28(34)23-18-10-11-19-24(23)35-29(31)27-25(20-12-4-1-5-13-20)26(21-14-6-2-7-15-21)32-33(27)22-16-8-3-9-17-22/h1-19,29H. The summed E-state index contributed by atoms with van der Waals surface area (Å²) in [6.07, 6.45) is 0. The molecule has 35 heavy (non-hydrogen) atoms. The minimum absolute atomic E-state index is 0.157. The highest BCUT2D eigenvalue weighted by atomic mass is 32.2. The Hall–Kier alpha value is -4.03. The number of benzene rings is 4. The first-order valence-electron chi connectivity index (χ1n) is 11.0. The van der Waals surface area contributed by atoms with E-state index >= 15 is 4.39 Å². The fourth-order valence-corrected chi connectivity index (χ4v) is 4.98. The van der Waals surface area contributed by atoms with Gasteiger partial charge in [0, 0.05) is 16.0 Å². The van der Waals surface area contributed by atoms with Crippen molar-refractivity contribution in [3.8, 4) is 28.1 Å². The molecule has 1 atom stereocenters. The van der Waals surface area contributed by atoms with Crippen LogP contribution in [-0.2, 0) is 0 Å². The molecule has 172 valence electrons. The van der Waals surface area contributed by atoms with Crippen LogP contribution < -0.4 is 0 Å². The molecule has 1 unspecified atom stereocenters. The Balaban J connectivity index is 1.75. The zero-order chi connectivity index (χ0) is 24.2. The average molecular weight is 483 g/mol. The van der Waals surface area contributed by atoms with Gasteiger partial charge in [-0.1, -0.05) is 103 Å². The molecule has 1 aromatic heterocycles. The van der Waals surface area contributed by atoms with Gasteiger partial charge in [-0.2, -0.15) is 9.49 Å². The summed E-state index contributed by atoms with van der Waals surface area (Å²) in [6.45, 7) is 0. The number of hydrogen-bond acceptors (Lipinski definition) is 3. The number of alkyl halides is 1. The summed E-state index contributed by atoms with van der Waals surface area (Å²) in [6, 6.07) is 33.0. The quantitative estimate of drug-likeness (QED) is 0.174. The van der Waals surface area contributed by atoms with Gasteiger partial charge in [0.1, 0.15) is 5.69 Å². The molecule has 1 heterocycles. The van der Waals surface area contributed by atoms with E-state index in [0.717, 1.165) is 22.9 Å². The molecule has 5 rings (SSSR count). The maximum Gasteiger partial charge on any atom is 0.333 e. The minimum atomic E-state index is -1.64. The summed E-state index contributed by atoms with van der Waals surface area (Å²) in [7, 11) is 0. The Kier molecular flexibility index (Phi) is 6.55. The minimum Gasteiger partial charge on any atom is -0.255 e. The zero-order valence-electron chi connectivity index (χ0n) is 18.5. The molecule has 0 aliphatic heterocycles. The van der Waals surface area contributed by atoms with Crippen LogP contribution in [0.5, 0.6) is 0 Å². The number of carbonyl (C=O) groups is 1. The fourth-order valence-electron chi connectivity index (χ4n) is 3.99. The Morgan fingerprint density at radius 3 is 1.91 bits per heavy atom. The Morgan fingerprint density at radius 2 is 1.29 bits per heavy atom. The van der Waals surface area contributed by atoms with Gasteiger partial charge >= 0.3 is 6.04 Å². The van der Waals surface area contributed by atoms with Crippen LogP contribution in [-0.4, -0.2) is 15.8 Å². The van der Waals surface area contributed by atoms with E-state index < -0.39 is 11.5 Å². The smallest absolute Gasteiger partial charge is 0.255 e. The normalized spacial score (nSPS) is 11.8. The Labute approximate surface area is 206 Å². The number of hydrogen-bond donors (Lipinski definition) is 0. The molecule has 6 heteroatoms. The van der Waals surface area contributed by atoms with Gasteiger partial charge in [0.05, 0.1) is 16.9 Å². The Bertz CT molecular complexity index is 1450. The van der Waals surface area contributed by atoms with E-state index in [2.05, 4.69) is 0 Å². The molecule has 0 aliphatic rings. The van der Waals surface area contributed by atoms with Crippen LogP contribution in [0.3, 0.4) is 0 Å². The molecule has 0 radical (unpaired) electrons. The molecular formula is C29H20F2N2OS. The first-order chi connectivity index (χ1) is 17.1. The van der Waals surface area contributed by atoms with Gasteiger partial charge in [0.25, 0.3) is 0 Å². The molecule has 3 nitrogen and oxygen atoms in total. The third kappa shape index (κ3) is 4.66. The number of rotatable bonds is 7. The van der Waals surface area contributed by atoms with Crippen molar-refractivity contribution in [1.82, 2.24) is 9.78 Å². The van der Waals surface area contributed by atoms with Gasteiger partial charge in [-0.15, -0.1) is 0 Å². The topological polar surface area (TPSA) is 34.9 Å². The highest BCUT2D eigenvalue weighted by molar-refractivity contribution is 7.99. The highest BCUT2D eigenvalue weighted by Crippen LogP contribution is 2.46. The molecule has 0 saturated heterocycles. The first kappa shape index (κ1) is 22.7. The van der Waals surface area contributed by atoms with Gasteiger partial charge in [0.2, 0.25) is 0 Å². The number of halogens is 2. The van der Waals surface area contributed by atoms with Crippen molar-refractivity contribution in [3.05, 3.63) is 127 Å². The number of aromatic nitrogens is 2. The van der Waals surface area contributed by atoms with Crippen LogP contribution in [0.25, 0.3) is 28.1 Å². The molecule has 5 aromatic rings. The van der Waals surface area contributed by atoms with E-state index in [-0.39, 0.29) is 10.5 Å². The van der Waals surface area contributed by atoms with Crippen LogP contribution >= 0.6 is 11.8 Å². The molecule has 0 fully saturated rings. The van der Waals surface area contributed by atoms with Crippen molar-refractivity contribution in [1.29, 1.82) is 0 Å². The van der Waals surface area contributed by atoms with Crippen molar-refractivity contribution in [3.63, 3.8) is 0 Å². The molecule has 0 bridgehead atoms. The lowest BCUT2D eigenvalue weighted by Crippen LogP contribution is -2.05. The lowest BCUT2D eigenvalue weighted by atomic mass is 9.99. The number of carbonyl (C=O) groups excluding carboxylic acids is 1. The van der Waals surface area contributed by atoms with Crippen LogP contribution in [0.1, 0.15) is 21.6 Å². The van der Waals surface area contributed by atoms with Crippen LogP contribution in [0, 0.1) is 0 Å². The maximum atomic E-state index is 16.4. The average Bonchev–Trinajstić information content (AvgIpc) is 3.31. The summed E-state index contributed by atoms with van der Waals surface area (Å²) >= 11 is 0.789. The third-order valence-corrected chi connectivity index (χ3v) is 6.62. The maximum absolute atomic E-state index is 16.4. The third-order valence-electron chi connectivity index (χ3n) is 5.58. The number of para-hydroxylation sites is 1. The van der Waals surface area contributed by atoms with Gasteiger partial charge in [-0.05, 0) is 29.8 Å². The summed E-state index contributed by atoms with van der Waals surface area (Å²) in [5, 5.41) is 4.87. The second-order valence-corrected chi connectivity index (χ2v) is 8.88. The van der Waals surface area contributed by atoms with Gasteiger partial charge in [0.15, 0.2) is 5.50 Å². The SMILES string of the molecule is O=C(F)c1ccccc1SC(F)c1c(-c2ccccc2)c(-c2ccccc2)nn1-c1ccccc1. The fraction of sp³-hybridized carbons (Fsp3) is 0.0345. The zero-order valence-corrected chi connectivity index (χ0v) is 19.3. The van der Waals surface area contributed by atoms with E-state index in [0.29, 0.717) is 22.6 Å². The summed E-state index contributed by atoms with van der Waals surface area (Å²) in [5.41, 5.74) is 2.14. The summed E-state index contributed by atoms with van der Waals surface area (Å²) in [5.74, 6) is 0. The van der Waals surface area contributed by atoms with Crippen LogP contribution in [0.15, 0.2) is 120 Å². The van der Waals surface area contributed by atoms with Crippen molar-refractivity contribution in [2.24, 2.45) is 0 Å². The lowest BCUT2D eigenvalue weighted by Gasteiger charge is -2.15.